The molecule has 72 heavy (non-hydrogen) atoms. The zero-order valence-corrected chi connectivity index (χ0v) is 41.9. The Bertz CT molecular complexity index is 2730. The molecule has 0 aromatic heterocycles. The molecule has 376 valence electrons. The van der Waals surface area contributed by atoms with Gasteiger partial charge in [-0.15, -0.1) is 11.8 Å². The molecule has 17 heteroatoms. The molecule has 4 aliphatic heterocycles. The van der Waals surface area contributed by atoms with Crippen LogP contribution < -0.4 is 33.6 Å². The van der Waals surface area contributed by atoms with Crippen LogP contribution in [0.2, 0.25) is 0 Å². The maximum atomic E-state index is 14.2. The zero-order valence-electron chi connectivity index (χ0n) is 41.1. The first-order chi connectivity index (χ1) is 34.9. The van der Waals surface area contributed by atoms with Gasteiger partial charge in [0, 0.05) is 79.4 Å². The lowest BCUT2D eigenvalue weighted by Gasteiger charge is -2.34. The summed E-state index contributed by atoms with van der Waals surface area (Å²) in [5.74, 6) is 0.298. The number of para-hydroxylation sites is 2. The Balaban J connectivity index is 1.01. The van der Waals surface area contributed by atoms with Crippen LogP contribution in [0.3, 0.4) is 0 Å². The first-order valence-corrected chi connectivity index (χ1v) is 24.9. The predicted octanol–water partition coefficient (Wildman–Crippen LogP) is 8.52. The molecule has 16 nitrogen and oxygen atoms in total. The maximum Gasteiger partial charge on any atom is 0.313 e. The molecule has 2 atom stereocenters. The molecule has 5 aromatic rings. The number of hydrogen-bond acceptors (Lipinski definition) is 14. The monoisotopic (exact) mass is 997 g/mol. The molecule has 5 aromatic carbocycles. The summed E-state index contributed by atoms with van der Waals surface area (Å²) in [4.78, 5) is 55.4. The summed E-state index contributed by atoms with van der Waals surface area (Å²) in [6, 6.07) is 28.3. The lowest BCUT2D eigenvalue weighted by atomic mass is 10.1. The molecular formula is C55H59N5O11S. The van der Waals surface area contributed by atoms with E-state index in [1.807, 2.05) is 93.0 Å². The van der Waals surface area contributed by atoms with Crippen LogP contribution in [0, 0.1) is 0 Å². The smallest absolute Gasteiger partial charge is 0.313 e. The summed E-state index contributed by atoms with van der Waals surface area (Å²) < 4.78 is 41.1. The third-order valence-electron chi connectivity index (χ3n) is 12.9. The normalized spacial score (nSPS) is 16.2. The fraction of sp³-hybridized carbons (Fsp3) is 0.364. The highest BCUT2D eigenvalue weighted by Gasteiger charge is 2.38. The van der Waals surface area contributed by atoms with Gasteiger partial charge in [-0.05, 0) is 78.6 Å². The van der Waals surface area contributed by atoms with Crippen LogP contribution >= 0.6 is 11.8 Å². The number of aliphatic carboxylic acids is 1. The summed E-state index contributed by atoms with van der Waals surface area (Å²) in [5, 5.41) is 9.62. The molecule has 0 aliphatic carbocycles. The summed E-state index contributed by atoms with van der Waals surface area (Å²) >= 11 is 1.36. The van der Waals surface area contributed by atoms with E-state index >= 15 is 0 Å². The number of carboxylic acids is 1. The predicted molar refractivity (Wildman–Crippen MR) is 279 cm³/mol. The fourth-order valence-electron chi connectivity index (χ4n) is 9.49. The van der Waals surface area contributed by atoms with Crippen molar-refractivity contribution in [3.63, 3.8) is 0 Å². The molecular weight excluding hydrogens is 939 g/mol. The Labute approximate surface area is 423 Å². The van der Waals surface area contributed by atoms with E-state index < -0.39 is 10.7 Å². The van der Waals surface area contributed by atoms with Gasteiger partial charge in [-0.3, -0.25) is 34.2 Å². The van der Waals surface area contributed by atoms with Gasteiger partial charge in [-0.1, -0.05) is 36.4 Å². The van der Waals surface area contributed by atoms with Crippen LogP contribution in [0.5, 0.6) is 23.0 Å². The second-order valence-corrected chi connectivity index (χ2v) is 20.1. The topological polar surface area (TPSA) is 170 Å². The first-order valence-electron chi connectivity index (χ1n) is 23.9. The minimum Gasteiger partial charge on any atom is -0.493 e. The molecule has 4 heterocycles. The van der Waals surface area contributed by atoms with Crippen LogP contribution in [0.25, 0.3) is 0 Å². The van der Waals surface area contributed by atoms with Gasteiger partial charge in [0.15, 0.2) is 23.0 Å². The minimum atomic E-state index is -0.891. The van der Waals surface area contributed by atoms with Gasteiger partial charge in [-0.2, -0.15) is 0 Å². The Kier molecular flexibility index (Phi) is 15.5. The van der Waals surface area contributed by atoms with Gasteiger partial charge >= 0.3 is 5.97 Å². The SMILES string of the molecule is COCCOCCOCCN(CC(C)(C)SCC(=O)O)c1cc(COc2cc3c(cc2OC)C(=O)N2c4ccccc4CC2C=N3)cc(COc2cc3c(cc2OC)C(=O)N2c4ccccc4C[C@H]2C=N3)c1. The van der Waals surface area contributed by atoms with Crippen molar-refractivity contribution >= 4 is 70.4 Å². The van der Waals surface area contributed by atoms with Crippen molar-refractivity contribution in [2.45, 2.75) is 56.7 Å². The van der Waals surface area contributed by atoms with E-state index in [2.05, 4.69) is 4.90 Å². The van der Waals surface area contributed by atoms with E-state index in [9.17, 15) is 19.5 Å². The van der Waals surface area contributed by atoms with Crippen LogP contribution in [0.4, 0.5) is 28.4 Å². The number of benzene rings is 5. The van der Waals surface area contributed by atoms with Crippen molar-refractivity contribution in [1.82, 2.24) is 0 Å². The van der Waals surface area contributed by atoms with Crippen LogP contribution in [0.15, 0.2) is 101 Å². The number of carbonyl (C=O) groups excluding carboxylic acids is 2. The molecule has 0 radical (unpaired) electrons. The number of carbonyl (C=O) groups is 3. The van der Waals surface area contributed by atoms with Gasteiger partial charge in [-0.25, -0.2) is 0 Å². The highest BCUT2D eigenvalue weighted by Crippen LogP contribution is 2.43. The van der Waals surface area contributed by atoms with Crippen LogP contribution in [-0.2, 0) is 45.1 Å². The molecule has 0 saturated heterocycles. The number of fused-ring (bicyclic) bond motifs is 8. The van der Waals surface area contributed by atoms with E-state index in [1.165, 1.54) is 11.8 Å². The number of methoxy groups -OCH3 is 3. The average Bonchev–Trinajstić information content (AvgIpc) is 3.88. The number of nitrogens with zero attached hydrogens (tertiary/aromatic N) is 5. The third-order valence-corrected chi connectivity index (χ3v) is 14.2. The quantitative estimate of drug-likeness (QED) is 0.0619. The number of anilines is 3. The fourth-order valence-corrected chi connectivity index (χ4v) is 10.3. The molecule has 0 saturated carbocycles. The Morgan fingerprint density at radius 2 is 1.18 bits per heavy atom. The van der Waals surface area contributed by atoms with E-state index in [0.717, 1.165) is 39.3 Å². The summed E-state index contributed by atoms with van der Waals surface area (Å²) in [5.41, 5.74) is 8.12. The Hall–Kier alpha value is -6.92. The molecule has 0 bridgehead atoms. The van der Waals surface area contributed by atoms with Crippen molar-refractivity contribution in [2.75, 3.05) is 87.9 Å². The number of rotatable bonds is 23. The van der Waals surface area contributed by atoms with Crippen molar-refractivity contribution in [3.05, 3.63) is 124 Å². The summed E-state index contributed by atoms with van der Waals surface area (Å²) in [7, 11) is 4.71. The van der Waals surface area contributed by atoms with Gasteiger partial charge < -0.3 is 43.2 Å². The largest absolute Gasteiger partial charge is 0.493 e. The van der Waals surface area contributed by atoms with E-state index in [4.69, 9.17) is 43.1 Å². The third kappa shape index (κ3) is 11.1. The molecule has 2 amide bonds. The number of hydrogen-bond donors (Lipinski definition) is 1. The second-order valence-electron chi connectivity index (χ2n) is 18.4. The van der Waals surface area contributed by atoms with Crippen molar-refractivity contribution in [1.29, 1.82) is 0 Å². The highest BCUT2D eigenvalue weighted by molar-refractivity contribution is 8.01. The molecule has 0 spiro atoms. The second kappa shape index (κ2) is 22.2. The van der Waals surface area contributed by atoms with E-state index in [0.29, 0.717) is 104 Å². The summed E-state index contributed by atoms with van der Waals surface area (Å²) in [6.07, 6.45) is 4.99. The molecule has 1 unspecified atom stereocenters. The first kappa shape index (κ1) is 50.0. The van der Waals surface area contributed by atoms with E-state index in [-0.39, 0.29) is 42.9 Å². The number of amides is 2. The average molecular weight is 998 g/mol. The standard InChI is InChI=1S/C55H59N5O11S/c1-55(2,72-33-52(61)62)34-58(14-15-68-18-19-69-17-16-65-3)39-21-35(31-70-50-27-44-42(25-48(50)66-4)53(63)59-40(29-56-44)23-37-10-6-8-12-46(37)59)20-36(22-39)32-71-51-28-45-43(26-49(51)67-5)54(64)60-41(30-57-45)24-38-11-7-9-13-47(38)60/h6-13,20-22,25-30,40-41H,14-19,23-24,31-34H2,1-5H3,(H,61,62)/t40-,41?/m0/s1. The number of ether oxygens (including phenoxy) is 7. The van der Waals surface area contributed by atoms with Gasteiger partial charge in [0.25, 0.3) is 11.8 Å². The molecule has 1 N–H and O–H groups in total. The molecule has 9 rings (SSSR count). The minimum absolute atomic E-state index is 0.0579. The zero-order chi connectivity index (χ0) is 50.4. The number of aliphatic imine (C=N–C) groups is 2. The number of carboxylic acid groups (broad SMARTS) is 1. The maximum absolute atomic E-state index is 14.2. The van der Waals surface area contributed by atoms with Crippen molar-refractivity contribution < 1.29 is 52.6 Å². The Morgan fingerprint density at radius 3 is 1.68 bits per heavy atom. The lowest BCUT2D eigenvalue weighted by molar-refractivity contribution is -0.133. The Morgan fingerprint density at radius 1 is 0.681 bits per heavy atom. The van der Waals surface area contributed by atoms with E-state index in [1.54, 1.807) is 55.4 Å². The van der Waals surface area contributed by atoms with Gasteiger partial charge in [0.05, 0.1) is 87.6 Å². The summed E-state index contributed by atoms with van der Waals surface area (Å²) in [6.45, 7) is 7.30. The molecule has 0 fully saturated rings. The van der Waals surface area contributed by atoms with Crippen LogP contribution in [0.1, 0.15) is 56.8 Å². The van der Waals surface area contributed by atoms with Crippen molar-refractivity contribution in [3.8, 4) is 23.0 Å². The molecule has 4 aliphatic rings. The highest BCUT2D eigenvalue weighted by atomic mass is 32.2. The lowest BCUT2D eigenvalue weighted by Crippen LogP contribution is -2.39. The van der Waals surface area contributed by atoms with Gasteiger partial charge in [0.2, 0.25) is 0 Å². The van der Waals surface area contributed by atoms with Crippen molar-refractivity contribution in [2.24, 2.45) is 9.98 Å². The van der Waals surface area contributed by atoms with Crippen LogP contribution in [-0.4, -0.2) is 125 Å². The number of thioether (sulfide) groups is 1. The van der Waals surface area contributed by atoms with Gasteiger partial charge in [0.1, 0.15) is 13.2 Å².